The fraction of sp³-hybridized carbons (Fsp3) is 0.231. The number of hydrogen-bond donors (Lipinski definition) is 0. The van der Waals surface area contributed by atoms with Crippen molar-refractivity contribution in [3.8, 4) is 0 Å². The highest BCUT2D eigenvalue weighted by molar-refractivity contribution is 5.46. The summed E-state index contributed by atoms with van der Waals surface area (Å²) in [5.41, 5.74) is 2.36. The Morgan fingerprint density at radius 1 is 1.00 bits per heavy atom. The normalized spacial score (nSPS) is 14.4. The van der Waals surface area contributed by atoms with Crippen molar-refractivity contribution in [3.05, 3.63) is 60.3 Å². The third-order valence-corrected chi connectivity index (χ3v) is 1.68. The van der Waals surface area contributed by atoms with Gasteiger partial charge in [0.05, 0.1) is 0 Å². The van der Waals surface area contributed by atoms with E-state index in [0.717, 1.165) is 5.57 Å². The molecule has 13 heavy (non-hydrogen) atoms. The summed E-state index contributed by atoms with van der Waals surface area (Å²) in [4.78, 5) is 0. The van der Waals surface area contributed by atoms with Crippen LogP contribution in [0.3, 0.4) is 0 Å². The summed E-state index contributed by atoms with van der Waals surface area (Å²) in [7, 11) is 0. The van der Waals surface area contributed by atoms with Gasteiger partial charge in [-0.2, -0.15) is 0 Å². The molecular weight excluding hydrogens is 156 g/mol. The topological polar surface area (TPSA) is 0 Å². The standard InChI is InChI=1S/C13H18/c1-5-9-11-13(10-6-2)12(7-3)8-4/h5-11H,3H2,1-2,4H3/b9-5-,10-6-,12-8-,13-11-. The lowest BCUT2D eigenvalue weighted by Crippen LogP contribution is -1.81. The van der Waals surface area contributed by atoms with Crippen molar-refractivity contribution in [2.75, 3.05) is 0 Å². The molecule has 0 aromatic rings. The molecule has 0 rings (SSSR count). The summed E-state index contributed by atoms with van der Waals surface area (Å²) in [6.07, 6.45) is 14.2. The van der Waals surface area contributed by atoms with E-state index in [0.29, 0.717) is 0 Å². The van der Waals surface area contributed by atoms with E-state index in [1.807, 2.05) is 45.1 Å². The molecule has 0 nitrogen and oxygen atoms in total. The summed E-state index contributed by atoms with van der Waals surface area (Å²) in [6.45, 7) is 9.81. The Balaban J connectivity index is 4.89. The van der Waals surface area contributed by atoms with Crippen molar-refractivity contribution in [1.29, 1.82) is 0 Å². The van der Waals surface area contributed by atoms with Crippen LogP contribution in [0, 0.1) is 0 Å². The quantitative estimate of drug-likeness (QED) is 0.560. The molecule has 0 atom stereocenters. The minimum Gasteiger partial charge on any atom is -0.0985 e. The second-order valence-electron chi connectivity index (χ2n) is 2.60. The number of hydrogen-bond acceptors (Lipinski definition) is 0. The van der Waals surface area contributed by atoms with E-state index in [9.17, 15) is 0 Å². The van der Waals surface area contributed by atoms with Gasteiger partial charge in [0.25, 0.3) is 0 Å². The van der Waals surface area contributed by atoms with Gasteiger partial charge in [-0.1, -0.05) is 49.1 Å². The largest absolute Gasteiger partial charge is 0.0985 e. The predicted octanol–water partition coefficient (Wildman–Crippen LogP) is 4.20. The van der Waals surface area contributed by atoms with Crippen LogP contribution in [0.15, 0.2) is 60.3 Å². The Kier molecular flexibility index (Phi) is 6.62. The summed E-state index contributed by atoms with van der Waals surface area (Å²) < 4.78 is 0. The molecule has 0 aliphatic carbocycles. The van der Waals surface area contributed by atoms with Gasteiger partial charge in [0.2, 0.25) is 0 Å². The fourth-order valence-electron chi connectivity index (χ4n) is 1.03. The Bertz CT molecular complexity index is 260. The van der Waals surface area contributed by atoms with Gasteiger partial charge >= 0.3 is 0 Å². The second-order valence-corrected chi connectivity index (χ2v) is 2.60. The third-order valence-electron chi connectivity index (χ3n) is 1.68. The molecule has 0 bridgehead atoms. The van der Waals surface area contributed by atoms with E-state index in [-0.39, 0.29) is 0 Å². The van der Waals surface area contributed by atoms with Crippen molar-refractivity contribution in [1.82, 2.24) is 0 Å². The van der Waals surface area contributed by atoms with Crippen molar-refractivity contribution < 1.29 is 0 Å². The highest BCUT2D eigenvalue weighted by Gasteiger charge is 1.93. The van der Waals surface area contributed by atoms with E-state index < -0.39 is 0 Å². The molecule has 0 fully saturated rings. The first-order valence-electron chi connectivity index (χ1n) is 4.54. The molecule has 0 aliphatic rings. The maximum Gasteiger partial charge on any atom is -0.0191 e. The maximum atomic E-state index is 3.78. The predicted molar refractivity (Wildman–Crippen MR) is 61.7 cm³/mol. The smallest absolute Gasteiger partial charge is 0.0191 e. The van der Waals surface area contributed by atoms with Crippen LogP contribution >= 0.6 is 0 Å². The van der Waals surface area contributed by atoms with Crippen LogP contribution < -0.4 is 0 Å². The average molecular weight is 174 g/mol. The summed E-state index contributed by atoms with van der Waals surface area (Å²) >= 11 is 0. The lowest BCUT2D eigenvalue weighted by molar-refractivity contribution is 1.49. The van der Waals surface area contributed by atoms with Gasteiger partial charge in [-0.25, -0.2) is 0 Å². The Hall–Kier alpha value is -1.30. The van der Waals surface area contributed by atoms with Crippen molar-refractivity contribution in [2.45, 2.75) is 20.8 Å². The van der Waals surface area contributed by atoms with Crippen molar-refractivity contribution >= 4 is 0 Å². The Labute approximate surface area is 81.7 Å². The molecule has 0 radical (unpaired) electrons. The highest BCUT2D eigenvalue weighted by Crippen LogP contribution is 2.12. The highest BCUT2D eigenvalue weighted by atomic mass is 14.0. The van der Waals surface area contributed by atoms with Gasteiger partial charge in [-0.15, -0.1) is 0 Å². The molecule has 0 amide bonds. The Morgan fingerprint density at radius 2 is 1.69 bits per heavy atom. The average Bonchev–Trinajstić information content (AvgIpc) is 2.16. The minimum absolute atomic E-state index is 1.16. The van der Waals surface area contributed by atoms with E-state index in [1.54, 1.807) is 0 Å². The SMILES string of the molecule is C=CC(=C/C)/C(/C=C\C)=C\C=C/C. The first kappa shape index (κ1) is 11.7. The molecule has 0 unspecified atom stereocenters. The lowest BCUT2D eigenvalue weighted by Gasteiger charge is -2.00. The van der Waals surface area contributed by atoms with Crippen LogP contribution in [0.25, 0.3) is 0 Å². The van der Waals surface area contributed by atoms with Crippen LogP contribution in [0.4, 0.5) is 0 Å². The van der Waals surface area contributed by atoms with Gasteiger partial charge in [-0.05, 0) is 31.9 Å². The van der Waals surface area contributed by atoms with E-state index in [2.05, 4.69) is 24.8 Å². The van der Waals surface area contributed by atoms with E-state index in [4.69, 9.17) is 0 Å². The van der Waals surface area contributed by atoms with E-state index in [1.165, 1.54) is 5.57 Å². The van der Waals surface area contributed by atoms with Gasteiger partial charge in [0.15, 0.2) is 0 Å². The summed E-state index contributed by atoms with van der Waals surface area (Å²) in [6, 6.07) is 0. The van der Waals surface area contributed by atoms with Gasteiger partial charge in [0.1, 0.15) is 0 Å². The van der Waals surface area contributed by atoms with E-state index >= 15 is 0 Å². The van der Waals surface area contributed by atoms with Crippen LogP contribution in [-0.4, -0.2) is 0 Å². The zero-order valence-corrected chi connectivity index (χ0v) is 8.75. The summed E-state index contributed by atoms with van der Waals surface area (Å²) in [5, 5.41) is 0. The molecule has 0 saturated heterocycles. The van der Waals surface area contributed by atoms with Gasteiger partial charge < -0.3 is 0 Å². The Morgan fingerprint density at radius 3 is 2.08 bits per heavy atom. The van der Waals surface area contributed by atoms with Crippen LogP contribution in [-0.2, 0) is 0 Å². The molecule has 0 aromatic heterocycles. The molecule has 0 N–H and O–H groups in total. The van der Waals surface area contributed by atoms with Gasteiger partial charge in [0, 0.05) is 0 Å². The zero-order valence-electron chi connectivity index (χ0n) is 8.75. The first-order valence-corrected chi connectivity index (χ1v) is 4.54. The molecular formula is C13H18. The fourth-order valence-corrected chi connectivity index (χ4v) is 1.03. The molecule has 0 spiro atoms. The minimum atomic E-state index is 1.16. The number of rotatable bonds is 4. The monoisotopic (exact) mass is 174 g/mol. The molecule has 0 aliphatic heterocycles. The van der Waals surface area contributed by atoms with Crippen LogP contribution in [0.1, 0.15) is 20.8 Å². The third kappa shape index (κ3) is 4.32. The van der Waals surface area contributed by atoms with Crippen molar-refractivity contribution in [3.63, 3.8) is 0 Å². The summed E-state index contributed by atoms with van der Waals surface area (Å²) in [5.74, 6) is 0. The zero-order chi connectivity index (χ0) is 10.1. The van der Waals surface area contributed by atoms with Crippen LogP contribution in [0.2, 0.25) is 0 Å². The molecule has 0 aromatic carbocycles. The van der Waals surface area contributed by atoms with Crippen LogP contribution in [0.5, 0.6) is 0 Å². The maximum absolute atomic E-state index is 3.78. The molecule has 0 heterocycles. The molecule has 70 valence electrons. The molecule has 0 heteroatoms. The molecule has 0 saturated carbocycles. The van der Waals surface area contributed by atoms with Gasteiger partial charge in [-0.3, -0.25) is 0 Å². The number of allylic oxidation sites excluding steroid dienone is 9. The first-order chi connectivity index (χ1) is 6.29. The van der Waals surface area contributed by atoms with Crippen molar-refractivity contribution in [2.24, 2.45) is 0 Å². The lowest BCUT2D eigenvalue weighted by atomic mass is 10.1. The second kappa shape index (κ2) is 7.35.